The van der Waals surface area contributed by atoms with Crippen LogP contribution in [0, 0.1) is 17.8 Å². The van der Waals surface area contributed by atoms with Crippen LogP contribution in [-0.4, -0.2) is 227 Å². The maximum atomic E-state index is 13.0. The summed E-state index contributed by atoms with van der Waals surface area (Å²) in [6.07, 6.45) is 7.34. The Labute approximate surface area is 456 Å². The molecule has 424 valence electrons. The number of carbonyl (C=O) groups excluding carboxylic acids is 6. The van der Waals surface area contributed by atoms with Crippen molar-refractivity contribution in [2.75, 3.05) is 139 Å². The third-order valence-corrected chi connectivity index (χ3v) is 11.0. The molecule has 0 aliphatic rings. The van der Waals surface area contributed by atoms with Gasteiger partial charge in [0.25, 0.3) is 0 Å². The monoisotopic (exact) mass is 1110 g/mol. The summed E-state index contributed by atoms with van der Waals surface area (Å²) >= 11 is 2.50. The smallest absolute Gasteiger partial charge is 0.312 e. The first-order chi connectivity index (χ1) is 36.9. The summed E-state index contributed by atoms with van der Waals surface area (Å²) in [7, 11) is 2.82. The van der Waals surface area contributed by atoms with E-state index in [9.17, 15) is 28.8 Å². The van der Waals surface area contributed by atoms with Crippen LogP contribution in [0.1, 0.15) is 57.2 Å². The van der Waals surface area contributed by atoms with Gasteiger partial charge in [0.2, 0.25) is 44.7 Å². The first-order valence-electron chi connectivity index (χ1n) is 25.1. The normalized spacial score (nSPS) is 11.8. The number of nitrogens with zero attached hydrogens (tertiary/aromatic N) is 5. The van der Waals surface area contributed by atoms with Gasteiger partial charge in [-0.3, -0.25) is 24.0 Å². The fourth-order valence-electron chi connectivity index (χ4n) is 6.07. The molecule has 2 atom stereocenters. The van der Waals surface area contributed by atoms with Crippen LogP contribution < -0.4 is 37.6 Å². The Balaban J connectivity index is 1.30. The summed E-state index contributed by atoms with van der Waals surface area (Å²) in [5, 5.41) is 24.4. The zero-order valence-corrected chi connectivity index (χ0v) is 45.9. The highest BCUT2D eigenvalue weighted by molar-refractivity contribution is 8.19. The molecule has 2 heterocycles. The van der Waals surface area contributed by atoms with Gasteiger partial charge >= 0.3 is 6.03 Å². The van der Waals surface area contributed by atoms with Crippen LogP contribution in [0.25, 0.3) is 0 Å². The van der Waals surface area contributed by atoms with Crippen molar-refractivity contribution in [1.29, 1.82) is 0 Å². The molecule has 0 aliphatic carbocycles. The number of urea groups is 1. The molecule has 2 aromatic heterocycles. The molecule has 76 heavy (non-hydrogen) atoms. The maximum Gasteiger partial charge on any atom is 0.312 e. The molecule has 2 rings (SSSR count). The molecule has 7 amide bonds. The quantitative estimate of drug-likeness (QED) is 0.0166. The highest BCUT2D eigenvalue weighted by Gasteiger charge is 2.28. The predicted molar refractivity (Wildman–Crippen MR) is 276 cm³/mol. The van der Waals surface area contributed by atoms with E-state index < -0.39 is 48.4 Å². The topological polar surface area (TPSA) is 340 Å². The van der Waals surface area contributed by atoms with Crippen molar-refractivity contribution < 1.29 is 71.4 Å². The lowest BCUT2D eigenvalue weighted by molar-refractivity contribution is -0.135. The van der Waals surface area contributed by atoms with Crippen LogP contribution in [0.4, 0.5) is 4.79 Å². The number of likely N-dealkylation sites (N-methyl/N-ethyl adjacent to an activating group) is 1. The Morgan fingerprint density at radius 2 is 1.22 bits per heavy atom. The van der Waals surface area contributed by atoms with Crippen LogP contribution in [0.3, 0.4) is 0 Å². The summed E-state index contributed by atoms with van der Waals surface area (Å²) in [6.45, 7) is 10.3. The number of hydrogen-bond donors (Lipinski definition) is 7. The molecule has 2 aromatic rings. The molecule has 2 radical (unpaired) electrons. The second-order valence-electron chi connectivity index (χ2n) is 16.4. The lowest BCUT2D eigenvalue weighted by Crippen LogP contribution is -2.55. The second-order valence-corrected chi connectivity index (χ2v) is 17.7. The molecule has 0 aliphatic heterocycles. The number of rotatable bonds is 46. The van der Waals surface area contributed by atoms with Gasteiger partial charge in [-0.25, -0.2) is 29.6 Å². The van der Waals surface area contributed by atoms with Crippen molar-refractivity contribution >= 4 is 60.9 Å². The zero-order chi connectivity index (χ0) is 55.3. The minimum Gasteiger partial charge on any atom is -0.377 e. The van der Waals surface area contributed by atoms with Crippen LogP contribution in [0.2, 0.25) is 0 Å². The number of nitrogens with two attached hydrogens (primary N) is 1. The molecule has 0 bridgehead atoms. The van der Waals surface area contributed by atoms with Crippen LogP contribution in [0.5, 0.6) is 0 Å². The van der Waals surface area contributed by atoms with E-state index in [1.807, 2.05) is 0 Å². The highest BCUT2D eigenvalue weighted by atomic mass is 32.3. The average molecular weight is 1110 g/mol. The molecule has 0 unspecified atom stereocenters. The number of nitrogens with one attached hydrogen (secondary N) is 6. The fraction of sp³-hybridized carbons (Fsp3) is 0.702. The van der Waals surface area contributed by atoms with Gasteiger partial charge in [0, 0.05) is 45.4 Å². The van der Waals surface area contributed by atoms with E-state index in [1.54, 1.807) is 37.1 Å². The van der Waals surface area contributed by atoms with Gasteiger partial charge in [0.1, 0.15) is 31.0 Å². The van der Waals surface area contributed by atoms with E-state index in [2.05, 4.69) is 79.2 Å². The van der Waals surface area contributed by atoms with Gasteiger partial charge in [0.05, 0.1) is 131 Å². The molecular formula is C47H77AlN12O15S. The SMILES string of the molecule is CNC(=O)[C@H](CCCNC(N)=O)NC(=O)[C@@H](NC(=O)COCC(=O)NCCOCCOCCOCCOCCOCCOCCOCCOCCn1cc(CNC(=O)CCCC#Cc2cnc([S][Al])nc2)nn1)C(C)C. The Kier molecular flexibility index (Phi) is 39.7. The molecule has 27 nitrogen and oxygen atoms in total. The standard InChI is InChI=1S/C47H78N12O15S.Al/c1-36(2)43(45(64)55-39(44(63)49-3)9-7-11-51-46(48)65)56-42(62)35-74-34-41(61)50-12-14-66-16-18-68-20-22-70-24-26-72-28-29-73-27-25-71-23-21-69-19-17-67-15-13-59-33-38(57-58-59)32-52-40(60)10-6-4-5-8-37-30-53-47(75)54-31-37;/h30-31,33,36,39,43H,4,6-7,9-29,32,34-35H2,1-3H3,(H,49,63)(H,50,61)(H,52,60)(H,55,64)(H,56,62)(H3,48,51,65)(H,53,54,75);/q;+1/p-1/t39-,43-;/m0./s1. The molecular weight excluding hydrogens is 1030 g/mol. The van der Waals surface area contributed by atoms with E-state index in [0.717, 1.165) is 5.56 Å². The summed E-state index contributed by atoms with van der Waals surface area (Å²) in [6, 6.07) is -2.56. The number of primary amides is 1. The van der Waals surface area contributed by atoms with E-state index in [0.29, 0.717) is 149 Å². The summed E-state index contributed by atoms with van der Waals surface area (Å²) in [5.41, 5.74) is 6.46. The van der Waals surface area contributed by atoms with Gasteiger partial charge < -0.3 is 80.3 Å². The minimum atomic E-state index is -0.970. The molecule has 0 saturated heterocycles. The zero-order valence-electron chi connectivity index (χ0n) is 44.0. The molecule has 8 N–H and O–H groups in total. The third-order valence-electron chi connectivity index (χ3n) is 9.94. The van der Waals surface area contributed by atoms with Gasteiger partial charge in [-0.15, -0.1) is 5.10 Å². The first-order valence-corrected chi connectivity index (χ1v) is 27.4. The van der Waals surface area contributed by atoms with Gasteiger partial charge in [-0.05, 0) is 25.2 Å². The van der Waals surface area contributed by atoms with E-state index >= 15 is 0 Å². The minimum absolute atomic E-state index is 0.0710. The average Bonchev–Trinajstić information content (AvgIpc) is 3.87. The van der Waals surface area contributed by atoms with E-state index in [1.165, 1.54) is 17.2 Å². The fourth-order valence-corrected chi connectivity index (χ4v) is 6.66. The lowest BCUT2D eigenvalue weighted by Gasteiger charge is -2.25. The molecule has 0 aromatic carbocycles. The van der Waals surface area contributed by atoms with Crippen molar-refractivity contribution in [3.8, 4) is 11.8 Å². The van der Waals surface area contributed by atoms with Crippen molar-refractivity contribution in [2.24, 2.45) is 11.7 Å². The molecule has 0 spiro atoms. The Bertz CT molecular complexity index is 1980. The summed E-state index contributed by atoms with van der Waals surface area (Å²) in [4.78, 5) is 81.3. The van der Waals surface area contributed by atoms with Crippen molar-refractivity contribution in [1.82, 2.24) is 56.9 Å². The summed E-state index contributed by atoms with van der Waals surface area (Å²) in [5.74, 6) is 3.59. The molecule has 29 heteroatoms. The number of amides is 7. The van der Waals surface area contributed by atoms with Crippen molar-refractivity contribution in [3.63, 3.8) is 0 Å². The highest BCUT2D eigenvalue weighted by Crippen LogP contribution is 2.07. The number of carbonyl (C=O) groups is 6. The third kappa shape index (κ3) is 36.0. The van der Waals surface area contributed by atoms with Gasteiger partial charge in [0.15, 0.2) is 5.16 Å². The van der Waals surface area contributed by atoms with Crippen molar-refractivity contribution in [2.45, 2.75) is 76.3 Å². The van der Waals surface area contributed by atoms with Crippen LogP contribution in [-0.2, 0) is 79.7 Å². The van der Waals surface area contributed by atoms with E-state index in [-0.39, 0.29) is 44.5 Å². The maximum absolute atomic E-state index is 13.0. The Morgan fingerprint density at radius 1 is 0.671 bits per heavy atom. The second kappa shape index (κ2) is 45.0. The Hall–Kier alpha value is -5.08. The van der Waals surface area contributed by atoms with Gasteiger partial charge in [-0.1, -0.05) is 30.9 Å². The van der Waals surface area contributed by atoms with Crippen LogP contribution in [0.15, 0.2) is 23.7 Å². The number of aromatic nitrogens is 5. The van der Waals surface area contributed by atoms with Crippen LogP contribution >= 0.6 is 10.1 Å². The van der Waals surface area contributed by atoms with Crippen molar-refractivity contribution in [3.05, 3.63) is 29.8 Å². The van der Waals surface area contributed by atoms with Gasteiger partial charge in [-0.2, -0.15) is 0 Å². The Morgan fingerprint density at radius 3 is 1.76 bits per heavy atom. The predicted octanol–water partition coefficient (Wildman–Crippen LogP) is -1.83. The van der Waals surface area contributed by atoms with E-state index in [4.69, 9.17) is 48.4 Å². The number of ether oxygens (including phenoxy) is 9. The lowest BCUT2D eigenvalue weighted by atomic mass is 10.0. The summed E-state index contributed by atoms with van der Waals surface area (Å²) < 4.78 is 51.0. The number of unbranched alkanes of at least 4 members (excludes halogenated alkanes) is 1. The number of hydrogen-bond acceptors (Lipinski definition) is 20. The first kappa shape index (κ1) is 67.0. The largest absolute Gasteiger partial charge is 0.377 e. The molecule has 0 saturated carbocycles. The molecule has 0 fully saturated rings.